The van der Waals surface area contributed by atoms with Crippen LogP contribution >= 0.6 is 12.4 Å². The Morgan fingerprint density at radius 1 is 1.47 bits per heavy atom. The predicted molar refractivity (Wildman–Crippen MR) is 75.0 cm³/mol. The summed E-state index contributed by atoms with van der Waals surface area (Å²) >= 11 is 0. The van der Waals surface area contributed by atoms with Gasteiger partial charge in [0.1, 0.15) is 6.61 Å². The fraction of sp³-hybridized carbons (Fsp3) is 0.462. The minimum absolute atomic E-state index is 0. The zero-order valence-corrected chi connectivity index (χ0v) is 12.0. The maximum Gasteiger partial charge on any atom is 0.223 e. The molecule has 1 unspecified atom stereocenters. The molecule has 2 N–H and O–H groups in total. The summed E-state index contributed by atoms with van der Waals surface area (Å²) in [6, 6.07) is 6.02. The van der Waals surface area contributed by atoms with Gasteiger partial charge in [0.05, 0.1) is 6.54 Å². The van der Waals surface area contributed by atoms with E-state index >= 15 is 0 Å². The normalized spacial score (nSPS) is 11.4. The third kappa shape index (κ3) is 6.40. The van der Waals surface area contributed by atoms with Crippen LogP contribution in [0, 0.1) is 5.82 Å². The van der Waals surface area contributed by atoms with Crippen molar-refractivity contribution in [3.05, 3.63) is 30.1 Å². The molecule has 0 saturated carbocycles. The van der Waals surface area contributed by atoms with Crippen molar-refractivity contribution in [2.24, 2.45) is 5.73 Å². The highest BCUT2D eigenvalue weighted by molar-refractivity contribution is 5.85. The Bertz CT molecular complexity index is 402. The predicted octanol–water partition coefficient (Wildman–Crippen LogP) is 1.82. The zero-order chi connectivity index (χ0) is 13.5. The van der Waals surface area contributed by atoms with Crippen molar-refractivity contribution in [3.63, 3.8) is 0 Å². The molecule has 108 valence electrons. The second-order valence-electron chi connectivity index (χ2n) is 4.28. The van der Waals surface area contributed by atoms with Gasteiger partial charge in [-0.1, -0.05) is 12.1 Å². The van der Waals surface area contributed by atoms with Gasteiger partial charge in [-0.2, -0.15) is 0 Å². The molecule has 1 amide bonds. The van der Waals surface area contributed by atoms with Crippen LogP contribution in [-0.4, -0.2) is 37.0 Å². The number of nitrogens with zero attached hydrogens (tertiary/aromatic N) is 1. The number of ether oxygens (including phenoxy) is 1. The van der Waals surface area contributed by atoms with E-state index in [4.69, 9.17) is 10.5 Å². The summed E-state index contributed by atoms with van der Waals surface area (Å²) < 4.78 is 18.5. The van der Waals surface area contributed by atoms with Crippen molar-refractivity contribution < 1.29 is 13.9 Å². The standard InChI is InChI=1S/C13H19FN2O2.ClH/c1-10(15)9-13(17)16(2)7-8-18-12-6-4-3-5-11(12)14;/h3-6,10H,7-9,15H2,1-2H3;1H. The number of nitrogens with two attached hydrogens (primary N) is 1. The molecule has 0 aliphatic rings. The zero-order valence-electron chi connectivity index (χ0n) is 11.1. The Morgan fingerprint density at radius 2 is 2.11 bits per heavy atom. The second kappa shape index (κ2) is 8.72. The summed E-state index contributed by atoms with van der Waals surface area (Å²) in [6.45, 7) is 2.43. The molecule has 0 fully saturated rings. The summed E-state index contributed by atoms with van der Waals surface area (Å²) in [6.07, 6.45) is 0.302. The first-order valence-corrected chi connectivity index (χ1v) is 5.87. The van der Waals surface area contributed by atoms with Crippen LogP contribution in [0.5, 0.6) is 5.75 Å². The van der Waals surface area contributed by atoms with Crippen LogP contribution in [-0.2, 0) is 4.79 Å². The summed E-state index contributed by atoms with van der Waals surface area (Å²) in [5.41, 5.74) is 5.54. The number of halogens is 2. The van der Waals surface area contributed by atoms with Crippen LogP contribution in [0.25, 0.3) is 0 Å². The topological polar surface area (TPSA) is 55.6 Å². The van der Waals surface area contributed by atoms with E-state index in [0.717, 1.165) is 0 Å². The van der Waals surface area contributed by atoms with E-state index in [1.54, 1.807) is 32.2 Å². The van der Waals surface area contributed by atoms with E-state index in [1.807, 2.05) is 0 Å². The highest BCUT2D eigenvalue weighted by Gasteiger charge is 2.11. The minimum Gasteiger partial charge on any atom is -0.489 e. The van der Waals surface area contributed by atoms with Gasteiger partial charge in [-0.15, -0.1) is 12.4 Å². The summed E-state index contributed by atoms with van der Waals surface area (Å²) in [7, 11) is 1.68. The Kier molecular flexibility index (Phi) is 8.11. The monoisotopic (exact) mass is 290 g/mol. The number of hydrogen-bond donors (Lipinski definition) is 1. The van der Waals surface area contributed by atoms with Gasteiger partial charge in [0.2, 0.25) is 5.91 Å². The Labute approximate surface area is 119 Å². The van der Waals surface area contributed by atoms with Crippen molar-refractivity contribution in [2.75, 3.05) is 20.2 Å². The van der Waals surface area contributed by atoms with E-state index < -0.39 is 5.82 Å². The average molecular weight is 291 g/mol. The fourth-order valence-corrected chi connectivity index (χ4v) is 1.41. The van der Waals surface area contributed by atoms with E-state index in [-0.39, 0.29) is 36.7 Å². The molecule has 0 radical (unpaired) electrons. The molecule has 1 aromatic rings. The number of hydrogen-bond acceptors (Lipinski definition) is 3. The quantitative estimate of drug-likeness (QED) is 0.869. The van der Waals surface area contributed by atoms with Gasteiger partial charge in [-0.05, 0) is 19.1 Å². The van der Waals surface area contributed by atoms with Gasteiger partial charge in [-0.3, -0.25) is 4.79 Å². The molecule has 6 heteroatoms. The van der Waals surface area contributed by atoms with Crippen molar-refractivity contribution in [1.29, 1.82) is 0 Å². The largest absolute Gasteiger partial charge is 0.489 e. The van der Waals surface area contributed by atoms with Crippen LogP contribution in [0.1, 0.15) is 13.3 Å². The number of para-hydroxylation sites is 1. The second-order valence-corrected chi connectivity index (χ2v) is 4.28. The third-order valence-corrected chi connectivity index (χ3v) is 2.44. The lowest BCUT2D eigenvalue weighted by atomic mass is 10.2. The molecule has 4 nitrogen and oxygen atoms in total. The number of carbonyl (C=O) groups is 1. The number of benzene rings is 1. The maximum atomic E-state index is 13.2. The number of amides is 1. The lowest BCUT2D eigenvalue weighted by molar-refractivity contribution is -0.130. The maximum absolute atomic E-state index is 13.2. The van der Waals surface area contributed by atoms with Crippen LogP contribution in [0.4, 0.5) is 4.39 Å². The molecule has 1 rings (SSSR count). The van der Waals surface area contributed by atoms with Gasteiger partial charge < -0.3 is 15.4 Å². The molecule has 0 heterocycles. The van der Waals surface area contributed by atoms with Crippen molar-refractivity contribution >= 4 is 18.3 Å². The van der Waals surface area contributed by atoms with E-state index in [2.05, 4.69) is 0 Å². The van der Waals surface area contributed by atoms with E-state index in [0.29, 0.717) is 13.0 Å². The van der Waals surface area contributed by atoms with Gasteiger partial charge in [0.25, 0.3) is 0 Å². The summed E-state index contributed by atoms with van der Waals surface area (Å²) in [5, 5.41) is 0. The first kappa shape index (κ1) is 17.7. The first-order chi connectivity index (χ1) is 8.50. The van der Waals surface area contributed by atoms with Gasteiger partial charge in [0, 0.05) is 19.5 Å². The van der Waals surface area contributed by atoms with E-state index in [9.17, 15) is 9.18 Å². The SMILES string of the molecule is CC(N)CC(=O)N(C)CCOc1ccccc1F.Cl. The molecular formula is C13H20ClFN2O2. The molecule has 0 aliphatic carbocycles. The number of rotatable bonds is 6. The van der Waals surface area contributed by atoms with Crippen LogP contribution in [0.2, 0.25) is 0 Å². The average Bonchev–Trinajstić information content (AvgIpc) is 2.30. The van der Waals surface area contributed by atoms with Crippen molar-refractivity contribution in [3.8, 4) is 5.75 Å². The molecule has 1 aromatic carbocycles. The number of likely N-dealkylation sites (N-methyl/N-ethyl adjacent to an activating group) is 1. The summed E-state index contributed by atoms with van der Waals surface area (Å²) in [4.78, 5) is 13.1. The third-order valence-electron chi connectivity index (χ3n) is 2.44. The molecular weight excluding hydrogens is 271 g/mol. The molecule has 1 atom stereocenters. The van der Waals surface area contributed by atoms with Crippen LogP contribution in [0.3, 0.4) is 0 Å². The molecule has 0 bridgehead atoms. The summed E-state index contributed by atoms with van der Waals surface area (Å²) in [5.74, 6) is -0.241. The Balaban J connectivity index is 0.00000324. The van der Waals surface area contributed by atoms with Gasteiger partial charge in [-0.25, -0.2) is 4.39 Å². The lowest BCUT2D eigenvalue weighted by Crippen LogP contribution is -2.34. The molecule has 0 spiro atoms. The first-order valence-electron chi connectivity index (χ1n) is 5.87. The van der Waals surface area contributed by atoms with Gasteiger partial charge >= 0.3 is 0 Å². The van der Waals surface area contributed by atoms with Crippen molar-refractivity contribution in [2.45, 2.75) is 19.4 Å². The van der Waals surface area contributed by atoms with Crippen LogP contribution in [0.15, 0.2) is 24.3 Å². The molecule has 0 saturated heterocycles. The van der Waals surface area contributed by atoms with Crippen LogP contribution < -0.4 is 10.5 Å². The highest BCUT2D eigenvalue weighted by Crippen LogP contribution is 2.14. The molecule has 0 aliphatic heterocycles. The Hall–Kier alpha value is -1.33. The lowest BCUT2D eigenvalue weighted by Gasteiger charge is -2.18. The fourth-order valence-electron chi connectivity index (χ4n) is 1.41. The molecule has 19 heavy (non-hydrogen) atoms. The Morgan fingerprint density at radius 3 is 2.68 bits per heavy atom. The van der Waals surface area contributed by atoms with Gasteiger partial charge in [0.15, 0.2) is 11.6 Å². The van der Waals surface area contributed by atoms with Crippen molar-refractivity contribution in [1.82, 2.24) is 4.90 Å². The smallest absolute Gasteiger partial charge is 0.223 e. The number of carbonyl (C=O) groups excluding carboxylic acids is 1. The molecule has 0 aromatic heterocycles. The van der Waals surface area contributed by atoms with E-state index in [1.165, 1.54) is 11.0 Å². The highest BCUT2D eigenvalue weighted by atomic mass is 35.5. The minimum atomic E-state index is -0.401.